The standard InChI is InChI=1S/C12H28N2/c1-5-7-8-9-14(6-2)11-12(3,4)10-13/h5-11,13H2,1-4H3. The molecule has 0 atom stereocenters. The molecule has 2 nitrogen and oxygen atoms in total. The Hall–Kier alpha value is -0.0800. The van der Waals surface area contributed by atoms with Gasteiger partial charge in [-0.15, -0.1) is 0 Å². The number of unbranched alkanes of at least 4 members (excludes halogenated alkanes) is 2. The molecule has 0 radical (unpaired) electrons. The molecule has 2 heteroatoms. The zero-order chi connectivity index (χ0) is 11.0. The van der Waals surface area contributed by atoms with Gasteiger partial charge in [-0.2, -0.15) is 0 Å². The van der Waals surface area contributed by atoms with Crippen LogP contribution in [0, 0.1) is 5.41 Å². The van der Waals surface area contributed by atoms with Crippen molar-refractivity contribution in [1.29, 1.82) is 0 Å². The van der Waals surface area contributed by atoms with Crippen LogP contribution in [0.1, 0.15) is 47.0 Å². The van der Waals surface area contributed by atoms with E-state index in [9.17, 15) is 0 Å². The fourth-order valence-electron chi connectivity index (χ4n) is 1.60. The van der Waals surface area contributed by atoms with Gasteiger partial charge < -0.3 is 10.6 Å². The molecule has 0 spiro atoms. The largest absolute Gasteiger partial charge is 0.330 e. The van der Waals surface area contributed by atoms with Crippen LogP contribution >= 0.6 is 0 Å². The van der Waals surface area contributed by atoms with Crippen LogP contribution in [0.5, 0.6) is 0 Å². The Bertz CT molecular complexity index is 132. The topological polar surface area (TPSA) is 29.3 Å². The smallest absolute Gasteiger partial charge is 0.00446 e. The lowest BCUT2D eigenvalue weighted by Gasteiger charge is -2.31. The average molecular weight is 200 g/mol. The van der Waals surface area contributed by atoms with Crippen LogP contribution in [-0.2, 0) is 0 Å². The highest BCUT2D eigenvalue weighted by Crippen LogP contribution is 2.15. The second kappa shape index (κ2) is 7.24. The van der Waals surface area contributed by atoms with Gasteiger partial charge in [0.25, 0.3) is 0 Å². The third kappa shape index (κ3) is 6.39. The fraction of sp³-hybridized carbons (Fsp3) is 1.00. The molecule has 0 bridgehead atoms. The molecule has 0 saturated carbocycles. The maximum atomic E-state index is 5.74. The maximum Gasteiger partial charge on any atom is 0.00446 e. The molecule has 0 aliphatic carbocycles. The van der Waals surface area contributed by atoms with E-state index in [1.165, 1.54) is 25.8 Å². The first kappa shape index (κ1) is 13.9. The monoisotopic (exact) mass is 200 g/mol. The van der Waals surface area contributed by atoms with Gasteiger partial charge in [-0.3, -0.25) is 0 Å². The van der Waals surface area contributed by atoms with Crippen LogP contribution in [0.15, 0.2) is 0 Å². The number of hydrogen-bond acceptors (Lipinski definition) is 2. The Morgan fingerprint density at radius 2 is 1.79 bits per heavy atom. The molecule has 0 fully saturated rings. The molecule has 2 N–H and O–H groups in total. The summed E-state index contributed by atoms with van der Waals surface area (Å²) in [7, 11) is 0. The minimum atomic E-state index is 0.266. The van der Waals surface area contributed by atoms with Crippen molar-refractivity contribution in [3.05, 3.63) is 0 Å². The molecule has 0 aromatic carbocycles. The van der Waals surface area contributed by atoms with Gasteiger partial charge in [-0.25, -0.2) is 0 Å². The predicted octanol–water partition coefficient (Wildman–Crippen LogP) is 2.48. The Morgan fingerprint density at radius 1 is 1.14 bits per heavy atom. The van der Waals surface area contributed by atoms with Gasteiger partial charge in [0, 0.05) is 6.54 Å². The van der Waals surface area contributed by atoms with Gasteiger partial charge >= 0.3 is 0 Å². The second-order valence-electron chi connectivity index (χ2n) is 4.94. The van der Waals surface area contributed by atoms with E-state index in [1.807, 2.05) is 0 Å². The summed E-state index contributed by atoms with van der Waals surface area (Å²) in [5.74, 6) is 0. The number of nitrogens with two attached hydrogens (primary N) is 1. The first-order valence-corrected chi connectivity index (χ1v) is 5.98. The van der Waals surface area contributed by atoms with E-state index in [1.54, 1.807) is 0 Å². The first-order chi connectivity index (χ1) is 6.55. The molecule has 86 valence electrons. The van der Waals surface area contributed by atoms with Crippen molar-refractivity contribution < 1.29 is 0 Å². The summed E-state index contributed by atoms with van der Waals surface area (Å²) in [6, 6.07) is 0. The summed E-state index contributed by atoms with van der Waals surface area (Å²) in [4.78, 5) is 2.52. The van der Waals surface area contributed by atoms with Crippen LogP contribution < -0.4 is 5.73 Å². The lowest BCUT2D eigenvalue weighted by molar-refractivity contribution is 0.187. The van der Waals surface area contributed by atoms with Crippen molar-refractivity contribution in [2.24, 2.45) is 11.1 Å². The summed E-state index contributed by atoms with van der Waals surface area (Å²) in [5, 5.41) is 0. The van der Waals surface area contributed by atoms with Crippen LogP contribution in [0.2, 0.25) is 0 Å². The van der Waals surface area contributed by atoms with Crippen molar-refractivity contribution in [2.45, 2.75) is 47.0 Å². The fourth-order valence-corrected chi connectivity index (χ4v) is 1.60. The molecule has 0 aliphatic rings. The first-order valence-electron chi connectivity index (χ1n) is 5.98. The molecular formula is C12H28N2. The molecular weight excluding hydrogens is 172 g/mol. The molecule has 0 heterocycles. The van der Waals surface area contributed by atoms with Gasteiger partial charge in [0.05, 0.1) is 0 Å². The molecule has 0 amide bonds. The van der Waals surface area contributed by atoms with Crippen molar-refractivity contribution in [1.82, 2.24) is 4.90 Å². The third-order valence-electron chi connectivity index (χ3n) is 2.73. The van der Waals surface area contributed by atoms with E-state index in [2.05, 4.69) is 32.6 Å². The van der Waals surface area contributed by atoms with E-state index in [0.29, 0.717) is 0 Å². The predicted molar refractivity (Wildman–Crippen MR) is 64.5 cm³/mol. The van der Waals surface area contributed by atoms with Crippen molar-refractivity contribution in [3.63, 3.8) is 0 Å². The Balaban J connectivity index is 3.78. The molecule has 0 aromatic heterocycles. The third-order valence-corrected chi connectivity index (χ3v) is 2.73. The van der Waals surface area contributed by atoms with Crippen LogP contribution in [0.25, 0.3) is 0 Å². The SMILES string of the molecule is CCCCCN(CC)CC(C)(C)CN. The number of rotatable bonds is 8. The lowest BCUT2D eigenvalue weighted by atomic mass is 9.93. The summed E-state index contributed by atoms with van der Waals surface area (Å²) in [6.07, 6.45) is 3.97. The van der Waals surface area contributed by atoms with Crippen molar-refractivity contribution in [2.75, 3.05) is 26.2 Å². The minimum absolute atomic E-state index is 0.266. The molecule has 0 aromatic rings. The molecule has 0 unspecified atom stereocenters. The van der Waals surface area contributed by atoms with E-state index < -0.39 is 0 Å². The molecule has 0 saturated heterocycles. The van der Waals surface area contributed by atoms with E-state index in [0.717, 1.165) is 19.6 Å². The summed E-state index contributed by atoms with van der Waals surface area (Å²) >= 11 is 0. The highest BCUT2D eigenvalue weighted by atomic mass is 15.1. The highest BCUT2D eigenvalue weighted by molar-refractivity contribution is 4.74. The minimum Gasteiger partial charge on any atom is -0.330 e. The van der Waals surface area contributed by atoms with Crippen molar-refractivity contribution >= 4 is 0 Å². The summed E-state index contributed by atoms with van der Waals surface area (Å²) in [6.45, 7) is 13.3. The van der Waals surface area contributed by atoms with Crippen molar-refractivity contribution in [3.8, 4) is 0 Å². The van der Waals surface area contributed by atoms with E-state index in [4.69, 9.17) is 5.73 Å². The van der Waals surface area contributed by atoms with Gasteiger partial charge in [0.2, 0.25) is 0 Å². The van der Waals surface area contributed by atoms with Crippen LogP contribution in [0.3, 0.4) is 0 Å². The maximum absolute atomic E-state index is 5.74. The zero-order valence-electron chi connectivity index (χ0n) is 10.5. The number of nitrogens with zero attached hydrogens (tertiary/aromatic N) is 1. The normalized spacial score (nSPS) is 12.4. The Labute approximate surface area is 89.9 Å². The second-order valence-corrected chi connectivity index (χ2v) is 4.94. The number of hydrogen-bond donors (Lipinski definition) is 1. The Morgan fingerprint density at radius 3 is 2.21 bits per heavy atom. The lowest BCUT2D eigenvalue weighted by Crippen LogP contribution is -2.39. The zero-order valence-corrected chi connectivity index (χ0v) is 10.5. The molecule has 0 rings (SSSR count). The average Bonchev–Trinajstić information content (AvgIpc) is 2.16. The van der Waals surface area contributed by atoms with Gasteiger partial charge in [0.1, 0.15) is 0 Å². The van der Waals surface area contributed by atoms with Gasteiger partial charge in [-0.1, -0.05) is 40.5 Å². The summed E-state index contributed by atoms with van der Waals surface area (Å²) in [5.41, 5.74) is 6.00. The van der Waals surface area contributed by atoms with Crippen LogP contribution in [-0.4, -0.2) is 31.1 Å². The van der Waals surface area contributed by atoms with E-state index >= 15 is 0 Å². The molecule has 14 heavy (non-hydrogen) atoms. The van der Waals surface area contributed by atoms with Gasteiger partial charge in [0.15, 0.2) is 0 Å². The van der Waals surface area contributed by atoms with Gasteiger partial charge in [-0.05, 0) is 31.5 Å². The highest BCUT2D eigenvalue weighted by Gasteiger charge is 2.18. The summed E-state index contributed by atoms with van der Waals surface area (Å²) < 4.78 is 0. The van der Waals surface area contributed by atoms with E-state index in [-0.39, 0.29) is 5.41 Å². The van der Waals surface area contributed by atoms with Crippen LogP contribution in [0.4, 0.5) is 0 Å². The Kier molecular flexibility index (Phi) is 7.20. The molecule has 0 aliphatic heterocycles. The quantitative estimate of drug-likeness (QED) is 0.610.